The molecular weight excluding hydrogens is 468 g/mol. The quantitative estimate of drug-likeness (QED) is 0.381. The highest BCUT2D eigenvalue weighted by Gasteiger charge is 2.26. The van der Waals surface area contributed by atoms with Gasteiger partial charge in [-0.3, -0.25) is 14.5 Å². The minimum Gasteiger partial charge on any atom is -0.352 e. The fraction of sp³-hybridized carbons (Fsp3) is 0.346. The van der Waals surface area contributed by atoms with Crippen molar-refractivity contribution in [3.63, 3.8) is 0 Å². The number of aromatic nitrogens is 2. The summed E-state index contributed by atoms with van der Waals surface area (Å²) < 4.78 is 1.88. The molecule has 6 nitrogen and oxygen atoms in total. The Morgan fingerprint density at radius 2 is 1.88 bits per heavy atom. The van der Waals surface area contributed by atoms with Gasteiger partial charge in [0.1, 0.15) is 5.82 Å². The summed E-state index contributed by atoms with van der Waals surface area (Å²) in [5, 5.41) is 8.35. The Bertz CT molecular complexity index is 1130. The minimum atomic E-state index is -0.0632. The summed E-state index contributed by atoms with van der Waals surface area (Å²) in [7, 11) is 0. The number of halogens is 1. The van der Waals surface area contributed by atoms with Crippen LogP contribution in [0.3, 0.4) is 0 Å². The molecule has 4 rings (SSSR count). The number of nitrogens with one attached hydrogen (secondary N) is 1. The first kappa shape index (κ1) is 24.4. The molecule has 2 aromatic carbocycles. The monoisotopic (exact) mass is 496 g/mol. The van der Waals surface area contributed by atoms with E-state index in [1.165, 1.54) is 6.42 Å². The molecule has 3 aromatic rings. The molecule has 2 amide bonds. The zero-order chi connectivity index (χ0) is 23.9. The number of anilines is 1. The average molecular weight is 497 g/mol. The molecule has 0 aliphatic carbocycles. The predicted octanol–water partition coefficient (Wildman–Crippen LogP) is 5.40. The van der Waals surface area contributed by atoms with Gasteiger partial charge in [0.25, 0.3) is 5.91 Å². The lowest BCUT2D eigenvalue weighted by Crippen LogP contribution is -2.36. The van der Waals surface area contributed by atoms with Gasteiger partial charge in [0.15, 0.2) is 0 Å². The van der Waals surface area contributed by atoms with Crippen molar-refractivity contribution in [2.24, 2.45) is 0 Å². The van der Waals surface area contributed by atoms with Crippen LogP contribution in [0.2, 0.25) is 5.02 Å². The van der Waals surface area contributed by atoms with E-state index in [1.807, 2.05) is 71.0 Å². The number of hydrogen-bond acceptors (Lipinski definition) is 4. The molecule has 0 unspecified atom stereocenters. The number of thioether (sulfide) groups is 1. The van der Waals surface area contributed by atoms with Crippen LogP contribution in [0.15, 0.2) is 54.6 Å². The summed E-state index contributed by atoms with van der Waals surface area (Å²) in [4.78, 5) is 26.9. The van der Waals surface area contributed by atoms with Crippen LogP contribution in [0.5, 0.6) is 0 Å². The topological polar surface area (TPSA) is 67.2 Å². The van der Waals surface area contributed by atoms with Gasteiger partial charge in [0.05, 0.1) is 18.8 Å². The second-order valence-electron chi connectivity index (χ2n) is 8.27. The van der Waals surface area contributed by atoms with Crippen LogP contribution in [0.25, 0.3) is 11.3 Å². The van der Waals surface area contributed by atoms with E-state index in [2.05, 4.69) is 12.2 Å². The molecule has 0 radical (unpaired) electrons. The van der Waals surface area contributed by atoms with Crippen LogP contribution < -0.4 is 10.2 Å². The van der Waals surface area contributed by atoms with Gasteiger partial charge in [0, 0.05) is 35.2 Å². The number of fused-ring (bicyclic) bond motifs is 1. The van der Waals surface area contributed by atoms with Crippen LogP contribution in [0, 0.1) is 0 Å². The number of hydrogen-bond donors (Lipinski definition) is 1. The van der Waals surface area contributed by atoms with Crippen molar-refractivity contribution >= 4 is 41.0 Å². The second-order valence-corrected chi connectivity index (χ2v) is 9.93. The summed E-state index contributed by atoms with van der Waals surface area (Å²) >= 11 is 7.93. The van der Waals surface area contributed by atoms with Gasteiger partial charge in [-0.15, -0.1) is 0 Å². The fourth-order valence-electron chi connectivity index (χ4n) is 3.85. The Labute approximate surface area is 209 Å². The van der Waals surface area contributed by atoms with E-state index in [-0.39, 0.29) is 11.8 Å². The van der Waals surface area contributed by atoms with Crippen molar-refractivity contribution in [3.05, 3.63) is 70.7 Å². The molecule has 0 fully saturated rings. The molecule has 0 saturated carbocycles. The largest absolute Gasteiger partial charge is 0.352 e. The van der Waals surface area contributed by atoms with Crippen molar-refractivity contribution in [2.45, 2.75) is 39.3 Å². The first-order valence-electron chi connectivity index (χ1n) is 11.6. The maximum Gasteiger partial charge on any atom is 0.251 e. The third-order valence-electron chi connectivity index (χ3n) is 5.67. The molecule has 34 heavy (non-hydrogen) atoms. The predicted molar refractivity (Wildman–Crippen MR) is 139 cm³/mol. The number of nitrogens with zero attached hydrogens (tertiary/aromatic N) is 3. The van der Waals surface area contributed by atoms with Gasteiger partial charge in [-0.2, -0.15) is 16.9 Å². The second kappa shape index (κ2) is 11.6. The van der Waals surface area contributed by atoms with Crippen molar-refractivity contribution in [1.29, 1.82) is 0 Å². The Morgan fingerprint density at radius 3 is 2.62 bits per heavy atom. The molecule has 0 atom stereocenters. The van der Waals surface area contributed by atoms with Crippen molar-refractivity contribution < 1.29 is 9.59 Å². The zero-order valence-corrected chi connectivity index (χ0v) is 20.9. The molecule has 178 valence electrons. The maximum atomic E-state index is 12.7. The summed E-state index contributed by atoms with van der Waals surface area (Å²) in [6.45, 7) is 3.85. The lowest BCUT2D eigenvalue weighted by molar-refractivity contribution is -0.119. The first-order valence-corrected chi connectivity index (χ1v) is 13.2. The molecule has 0 saturated heterocycles. The molecule has 1 N–H and O–H groups in total. The third-order valence-corrected chi connectivity index (χ3v) is 7.20. The van der Waals surface area contributed by atoms with E-state index in [9.17, 15) is 9.59 Å². The zero-order valence-electron chi connectivity index (χ0n) is 19.3. The summed E-state index contributed by atoms with van der Waals surface area (Å²) in [5.41, 5.74) is 3.36. The van der Waals surface area contributed by atoms with Gasteiger partial charge in [-0.25, -0.2) is 4.68 Å². The van der Waals surface area contributed by atoms with Gasteiger partial charge in [-0.1, -0.05) is 42.8 Å². The number of carbonyl (C=O) groups is 2. The molecule has 1 aliphatic heterocycles. The Morgan fingerprint density at radius 1 is 1.12 bits per heavy atom. The van der Waals surface area contributed by atoms with Crippen molar-refractivity contribution in [1.82, 2.24) is 15.1 Å². The van der Waals surface area contributed by atoms with E-state index < -0.39 is 0 Å². The first-order chi connectivity index (χ1) is 16.5. The summed E-state index contributed by atoms with van der Waals surface area (Å²) in [6, 6.07) is 16.9. The van der Waals surface area contributed by atoms with Gasteiger partial charge in [-0.05, 0) is 54.2 Å². The number of benzene rings is 2. The normalized spacial score (nSPS) is 13.1. The van der Waals surface area contributed by atoms with E-state index in [1.54, 1.807) is 4.90 Å². The molecule has 2 heterocycles. The summed E-state index contributed by atoms with van der Waals surface area (Å²) in [6.07, 6.45) is 2.56. The van der Waals surface area contributed by atoms with Crippen LogP contribution in [-0.2, 0) is 17.9 Å². The van der Waals surface area contributed by atoms with Crippen LogP contribution in [0.4, 0.5) is 5.82 Å². The van der Waals surface area contributed by atoms with E-state index in [0.717, 1.165) is 40.6 Å². The summed E-state index contributed by atoms with van der Waals surface area (Å²) in [5.74, 6) is 3.01. The van der Waals surface area contributed by atoms with Gasteiger partial charge < -0.3 is 5.32 Å². The lowest BCUT2D eigenvalue weighted by atomic mass is 10.1. The molecule has 0 spiro atoms. The Balaban J connectivity index is 1.39. The Kier molecular flexibility index (Phi) is 8.29. The molecule has 1 aromatic heterocycles. The third kappa shape index (κ3) is 6.02. The smallest absolute Gasteiger partial charge is 0.251 e. The number of aryl methyl sites for hydroxylation is 1. The maximum absolute atomic E-state index is 12.7. The van der Waals surface area contributed by atoms with E-state index in [0.29, 0.717) is 36.6 Å². The molecule has 0 bridgehead atoms. The van der Waals surface area contributed by atoms with Crippen LogP contribution >= 0.6 is 23.4 Å². The molecular formula is C26H29ClN4O2S. The molecule has 8 heteroatoms. The number of rotatable bonds is 10. The molecule has 1 aliphatic rings. The highest BCUT2D eigenvalue weighted by atomic mass is 35.5. The highest BCUT2D eigenvalue weighted by molar-refractivity contribution is 7.99. The van der Waals surface area contributed by atoms with Crippen molar-refractivity contribution in [2.75, 3.05) is 23.0 Å². The lowest BCUT2D eigenvalue weighted by Gasteiger charge is -2.27. The highest BCUT2D eigenvalue weighted by Crippen LogP contribution is 2.30. The van der Waals surface area contributed by atoms with Gasteiger partial charge in [0.2, 0.25) is 5.91 Å². The fourth-order valence-corrected chi connectivity index (χ4v) is 4.82. The standard InChI is InChI=1S/C26H29ClN4O2S/c1-2-15-34-16-3-13-28-26(33)21-6-4-19(5-7-21)18-30-24-17-23(20-8-10-22(27)11-9-20)29-31(24)14-12-25(30)32/h4-11,17H,2-3,12-16,18H2,1H3,(H,28,33). The van der Waals surface area contributed by atoms with Crippen LogP contribution in [0.1, 0.15) is 42.1 Å². The minimum absolute atomic E-state index is 0.0632. The average Bonchev–Trinajstić information content (AvgIpc) is 3.28. The van der Waals surface area contributed by atoms with Crippen molar-refractivity contribution in [3.8, 4) is 11.3 Å². The van der Waals surface area contributed by atoms with Crippen LogP contribution in [-0.4, -0.2) is 39.6 Å². The van der Waals surface area contributed by atoms with Gasteiger partial charge >= 0.3 is 0 Å². The number of amides is 2. The SMILES string of the molecule is CCCSCCCNC(=O)c1ccc(CN2C(=O)CCn3nc(-c4ccc(Cl)cc4)cc32)cc1. The van der Waals surface area contributed by atoms with E-state index >= 15 is 0 Å². The Hall–Kier alpha value is -2.77. The van der Waals surface area contributed by atoms with E-state index in [4.69, 9.17) is 16.7 Å². The number of carbonyl (C=O) groups excluding carboxylic acids is 2.